The first-order valence-corrected chi connectivity index (χ1v) is 6.42. The average molecular weight is 252 g/mol. The Hall–Kier alpha value is -1.02. The van der Waals surface area contributed by atoms with Gasteiger partial charge in [-0.1, -0.05) is 11.6 Å². The fraction of sp³-hybridized carbons (Fsp3) is 0.500. The van der Waals surface area contributed by atoms with Gasteiger partial charge in [-0.05, 0) is 44.5 Å². The summed E-state index contributed by atoms with van der Waals surface area (Å²) in [7, 11) is 0. The van der Waals surface area contributed by atoms with Gasteiger partial charge < -0.3 is 9.69 Å². The van der Waals surface area contributed by atoms with Crippen LogP contribution in [0.5, 0.6) is 0 Å². The van der Waals surface area contributed by atoms with Crippen molar-refractivity contribution in [2.24, 2.45) is 0 Å². The molecule has 1 aromatic rings. The highest BCUT2D eigenvalue weighted by Crippen LogP contribution is 2.40. The smallest absolute Gasteiger partial charge is 0.130 e. The Morgan fingerprint density at radius 3 is 2.82 bits per heavy atom. The molecule has 0 N–H and O–H groups in total. The molecule has 0 fully saturated rings. The molecular formula is C14H18ClNO. The number of ketones is 1. The van der Waals surface area contributed by atoms with E-state index in [0.717, 1.165) is 11.6 Å². The molecule has 0 radical (unpaired) electrons. The maximum atomic E-state index is 11.3. The van der Waals surface area contributed by atoms with Crippen molar-refractivity contribution in [1.82, 2.24) is 0 Å². The topological polar surface area (TPSA) is 20.3 Å². The molecule has 1 unspecified atom stereocenters. The van der Waals surface area contributed by atoms with Crippen LogP contribution in [0.25, 0.3) is 0 Å². The van der Waals surface area contributed by atoms with Gasteiger partial charge in [0.1, 0.15) is 5.78 Å². The number of hydrogen-bond donors (Lipinski definition) is 0. The summed E-state index contributed by atoms with van der Waals surface area (Å²) >= 11 is 6.05. The van der Waals surface area contributed by atoms with Crippen LogP contribution < -0.4 is 4.90 Å². The van der Waals surface area contributed by atoms with Gasteiger partial charge in [-0.15, -0.1) is 0 Å². The molecule has 0 aliphatic carbocycles. The molecule has 0 spiro atoms. The fourth-order valence-corrected chi connectivity index (χ4v) is 2.74. The molecule has 2 nitrogen and oxygen atoms in total. The molecule has 3 heteroatoms. The number of halogens is 1. The lowest BCUT2D eigenvalue weighted by molar-refractivity contribution is -0.117. The largest absolute Gasteiger partial charge is 0.368 e. The number of nitrogens with zero attached hydrogens (tertiary/aromatic N) is 1. The summed E-state index contributed by atoms with van der Waals surface area (Å²) in [6.07, 6.45) is 0.608. The Labute approximate surface area is 108 Å². The average Bonchev–Trinajstić information content (AvgIpc) is 2.56. The zero-order valence-corrected chi connectivity index (χ0v) is 11.3. The lowest BCUT2D eigenvalue weighted by Crippen LogP contribution is -2.29. The molecule has 2 rings (SSSR count). The van der Waals surface area contributed by atoms with E-state index in [-0.39, 0.29) is 5.78 Å². The Morgan fingerprint density at radius 1 is 1.53 bits per heavy atom. The third-order valence-electron chi connectivity index (χ3n) is 3.31. The summed E-state index contributed by atoms with van der Waals surface area (Å²) < 4.78 is 0. The Balaban J connectivity index is 2.37. The highest BCUT2D eigenvalue weighted by molar-refractivity contribution is 6.30. The predicted molar refractivity (Wildman–Crippen MR) is 72.0 cm³/mol. The zero-order valence-electron chi connectivity index (χ0n) is 10.5. The van der Waals surface area contributed by atoms with Gasteiger partial charge in [-0.3, -0.25) is 0 Å². The summed E-state index contributed by atoms with van der Waals surface area (Å²) in [6.45, 7) is 6.93. The number of anilines is 1. The third-order valence-corrected chi connectivity index (χ3v) is 3.55. The van der Waals surface area contributed by atoms with Crippen LogP contribution in [0.15, 0.2) is 18.2 Å². The van der Waals surface area contributed by atoms with Gasteiger partial charge in [-0.25, -0.2) is 0 Å². The molecular weight excluding hydrogens is 234 g/mol. The van der Waals surface area contributed by atoms with Crippen LogP contribution in [0.2, 0.25) is 5.02 Å². The zero-order chi connectivity index (χ0) is 12.6. The number of carbonyl (C=O) groups is 1. The molecule has 92 valence electrons. The minimum Gasteiger partial charge on any atom is -0.368 e. The standard InChI is InChI=1S/C14H18ClNO/c1-9(2)16-8-11(6-10(3)17)13-7-12(15)4-5-14(13)16/h4-5,7,9,11H,6,8H2,1-3H3. The minimum atomic E-state index is 0.242. The number of rotatable bonds is 3. The van der Waals surface area contributed by atoms with Gasteiger partial charge in [0.2, 0.25) is 0 Å². The molecule has 0 aromatic heterocycles. The number of benzene rings is 1. The van der Waals surface area contributed by atoms with E-state index < -0.39 is 0 Å². The molecule has 0 saturated carbocycles. The molecule has 1 aromatic carbocycles. The second kappa shape index (κ2) is 4.69. The van der Waals surface area contributed by atoms with E-state index in [4.69, 9.17) is 11.6 Å². The van der Waals surface area contributed by atoms with Crippen molar-refractivity contribution in [1.29, 1.82) is 0 Å². The highest BCUT2D eigenvalue weighted by atomic mass is 35.5. The predicted octanol–water partition coefficient (Wildman–Crippen LogP) is 3.63. The molecule has 0 bridgehead atoms. The fourth-order valence-electron chi connectivity index (χ4n) is 2.56. The lowest BCUT2D eigenvalue weighted by atomic mass is 9.96. The summed E-state index contributed by atoms with van der Waals surface area (Å²) in [4.78, 5) is 13.7. The minimum absolute atomic E-state index is 0.242. The Kier molecular flexibility index (Phi) is 3.43. The van der Waals surface area contributed by atoms with Crippen molar-refractivity contribution in [3.05, 3.63) is 28.8 Å². The number of fused-ring (bicyclic) bond motifs is 1. The van der Waals surface area contributed by atoms with Crippen LogP contribution in [-0.4, -0.2) is 18.4 Å². The molecule has 0 saturated heterocycles. The summed E-state index contributed by atoms with van der Waals surface area (Å²) in [5.74, 6) is 0.537. The summed E-state index contributed by atoms with van der Waals surface area (Å²) in [6, 6.07) is 6.45. The molecule has 1 aliphatic heterocycles. The van der Waals surface area contributed by atoms with E-state index in [9.17, 15) is 4.79 Å². The third kappa shape index (κ3) is 2.47. The lowest BCUT2D eigenvalue weighted by Gasteiger charge is -2.24. The maximum absolute atomic E-state index is 11.3. The van der Waals surface area contributed by atoms with E-state index in [2.05, 4.69) is 24.8 Å². The Morgan fingerprint density at radius 2 is 2.24 bits per heavy atom. The van der Waals surface area contributed by atoms with E-state index >= 15 is 0 Å². The SMILES string of the molecule is CC(=O)CC1CN(C(C)C)c2ccc(Cl)cc21. The van der Waals surface area contributed by atoms with Gasteiger partial charge in [-0.2, -0.15) is 0 Å². The second-order valence-electron chi connectivity index (χ2n) is 5.05. The van der Waals surface area contributed by atoms with Crippen molar-refractivity contribution in [2.45, 2.75) is 39.2 Å². The van der Waals surface area contributed by atoms with Gasteiger partial charge >= 0.3 is 0 Å². The van der Waals surface area contributed by atoms with E-state index in [0.29, 0.717) is 18.4 Å². The number of Topliss-reactive ketones (excluding diaryl/α,β-unsaturated/α-hetero) is 1. The second-order valence-corrected chi connectivity index (χ2v) is 5.49. The van der Waals surface area contributed by atoms with Crippen molar-refractivity contribution >= 4 is 23.1 Å². The number of carbonyl (C=O) groups excluding carboxylic acids is 1. The van der Waals surface area contributed by atoms with Crippen LogP contribution in [0.4, 0.5) is 5.69 Å². The summed E-state index contributed by atoms with van der Waals surface area (Å²) in [5.41, 5.74) is 2.46. The highest BCUT2D eigenvalue weighted by Gasteiger charge is 2.30. The van der Waals surface area contributed by atoms with Crippen molar-refractivity contribution in [3.63, 3.8) is 0 Å². The van der Waals surface area contributed by atoms with Crippen molar-refractivity contribution < 1.29 is 4.79 Å². The first-order valence-electron chi connectivity index (χ1n) is 6.04. The van der Waals surface area contributed by atoms with Gasteiger partial charge in [0, 0.05) is 35.6 Å². The summed E-state index contributed by atoms with van der Waals surface area (Å²) in [5, 5.41) is 0.753. The molecule has 1 atom stereocenters. The van der Waals surface area contributed by atoms with E-state index in [1.807, 2.05) is 12.1 Å². The van der Waals surface area contributed by atoms with Crippen LogP contribution in [-0.2, 0) is 4.79 Å². The van der Waals surface area contributed by atoms with Crippen LogP contribution in [0, 0.1) is 0 Å². The number of hydrogen-bond acceptors (Lipinski definition) is 2. The van der Waals surface area contributed by atoms with Crippen LogP contribution >= 0.6 is 11.6 Å². The first-order chi connectivity index (χ1) is 7.99. The molecule has 1 aliphatic rings. The van der Waals surface area contributed by atoms with Gasteiger partial charge in [0.15, 0.2) is 0 Å². The monoisotopic (exact) mass is 251 g/mol. The van der Waals surface area contributed by atoms with Gasteiger partial charge in [0.25, 0.3) is 0 Å². The van der Waals surface area contributed by atoms with E-state index in [1.54, 1.807) is 6.92 Å². The van der Waals surface area contributed by atoms with Crippen molar-refractivity contribution in [3.8, 4) is 0 Å². The maximum Gasteiger partial charge on any atom is 0.130 e. The van der Waals surface area contributed by atoms with E-state index in [1.165, 1.54) is 11.3 Å². The first kappa shape index (κ1) is 12.4. The molecule has 0 amide bonds. The molecule has 1 heterocycles. The normalized spacial score (nSPS) is 18.6. The quantitative estimate of drug-likeness (QED) is 0.818. The molecule has 17 heavy (non-hydrogen) atoms. The van der Waals surface area contributed by atoms with Crippen LogP contribution in [0.1, 0.15) is 38.7 Å². The van der Waals surface area contributed by atoms with Crippen molar-refractivity contribution in [2.75, 3.05) is 11.4 Å². The Bertz CT molecular complexity index is 442. The van der Waals surface area contributed by atoms with Gasteiger partial charge in [0.05, 0.1) is 0 Å². The van der Waals surface area contributed by atoms with Crippen LogP contribution in [0.3, 0.4) is 0 Å².